The van der Waals surface area contributed by atoms with Crippen molar-refractivity contribution in [3.8, 4) is 0 Å². The van der Waals surface area contributed by atoms with Crippen LogP contribution in [0.2, 0.25) is 5.02 Å². The summed E-state index contributed by atoms with van der Waals surface area (Å²) >= 11 is 7.67. The van der Waals surface area contributed by atoms with E-state index in [1.165, 1.54) is 11.3 Å². The standard InChI is InChI=1S/C20H16ClNO3S2/c1-12-6-8-13(9-7-12)27(24,25)17-11-26-20-15(10-18(23)22-19(17)20)14-4-2-3-5-16(14)21/h2-9,11,15H,10H2,1H3,(H,22,23)/t15-/m1/s1. The number of carbonyl (C=O) groups excluding carboxylic acids is 1. The van der Waals surface area contributed by atoms with Crippen LogP contribution in [-0.2, 0) is 14.6 Å². The maximum Gasteiger partial charge on any atom is 0.225 e. The van der Waals surface area contributed by atoms with Crippen LogP contribution in [0.5, 0.6) is 0 Å². The Kier molecular flexibility index (Phi) is 4.58. The number of amides is 1. The highest BCUT2D eigenvalue weighted by atomic mass is 35.5. The summed E-state index contributed by atoms with van der Waals surface area (Å²) in [5.41, 5.74) is 2.19. The van der Waals surface area contributed by atoms with E-state index in [1.807, 2.05) is 25.1 Å². The highest BCUT2D eigenvalue weighted by Gasteiger charge is 2.35. The normalized spacial score (nSPS) is 16.7. The van der Waals surface area contributed by atoms with Crippen LogP contribution in [-0.4, -0.2) is 14.3 Å². The van der Waals surface area contributed by atoms with E-state index in [9.17, 15) is 13.2 Å². The lowest BCUT2D eigenvalue weighted by Gasteiger charge is -2.24. The van der Waals surface area contributed by atoms with E-state index in [1.54, 1.807) is 35.7 Å². The second-order valence-corrected chi connectivity index (χ2v) is 9.72. The molecule has 0 spiro atoms. The van der Waals surface area contributed by atoms with E-state index < -0.39 is 9.84 Å². The predicted molar refractivity (Wildman–Crippen MR) is 107 cm³/mol. The van der Waals surface area contributed by atoms with E-state index in [0.717, 1.165) is 16.0 Å². The molecule has 4 nitrogen and oxygen atoms in total. The number of benzene rings is 2. The largest absolute Gasteiger partial charge is 0.324 e. The molecule has 27 heavy (non-hydrogen) atoms. The molecule has 1 aliphatic rings. The minimum atomic E-state index is -3.73. The van der Waals surface area contributed by atoms with E-state index >= 15 is 0 Å². The number of rotatable bonds is 3. The molecule has 4 rings (SSSR count). The molecule has 0 saturated heterocycles. The van der Waals surface area contributed by atoms with Gasteiger partial charge in [-0.15, -0.1) is 11.3 Å². The molecule has 2 aromatic carbocycles. The molecule has 1 amide bonds. The molecule has 2 heterocycles. The molecule has 1 atom stereocenters. The van der Waals surface area contributed by atoms with Gasteiger partial charge in [-0.1, -0.05) is 47.5 Å². The van der Waals surface area contributed by atoms with Gasteiger partial charge in [0.15, 0.2) is 0 Å². The van der Waals surface area contributed by atoms with Crippen LogP contribution < -0.4 is 5.32 Å². The van der Waals surface area contributed by atoms with E-state index in [4.69, 9.17) is 11.6 Å². The first-order chi connectivity index (χ1) is 12.9. The number of hydrogen-bond donors (Lipinski definition) is 1. The first-order valence-electron chi connectivity index (χ1n) is 8.35. The molecule has 0 bridgehead atoms. The van der Waals surface area contributed by atoms with Gasteiger partial charge in [0.25, 0.3) is 0 Å². The molecule has 1 aromatic heterocycles. The Balaban J connectivity index is 1.85. The van der Waals surface area contributed by atoms with E-state index in [-0.39, 0.29) is 28.0 Å². The van der Waals surface area contributed by atoms with Crippen molar-refractivity contribution in [2.45, 2.75) is 29.1 Å². The minimum Gasteiger partial charge on any atom is -0.324 e. The number of sulfone groups is 1. The van der Waals surface area contributed by atoms with Gasteiger partial charge < -0.3 is 5.32 Å². The first-order valence-corrected chi connectivity index (χ1v) is 11.1. The van der Waals surface area contributed by atoms with Crippen molar-refractivity contribution >= 4 is 44.4 Å². The molecule has 0 fully saturated rings. The van der Waals surface area contributed by atoms with Crippen molar-refractivity contribution in [3.63, 3.8) is 0 Å². The summed E-state index contributed by atoms with van der Waals surface area (Å²) < 4.78 is 26.2. The van der Waals surface area contributed by atoms with Gasteiger partial charge in [-0.2, -0.15) is 0 Å². The Morgan fingerprint density at radius 2 is 1.81 bits per heavy atom. The number of fused-ring (bicyclic) bond motifs is 1. The third kappa shape index (κ3) is 3.18. The van der Waals surface area contributed by atoms with Crippen molar-refractivity contribution in [1.29, 1.82) is 0 Å². The van der Waals surface area contributed by atoms with Crippen molar-refractivity contribution in [2.24, 2.45) is 0 Å². The van der Waals surface area contributed by atoms with Crippen molar-refractivity contribution in [2.75, 3.05) is 5.32 Å². The lowest BCUT2D eigenvalue weighted by atomic mass is 9.90. The fourth-order valence-corrected chi connectivity index (χ4v) is 6.42. The van der Waals surface area contributed by atoms with E-state index in [0.29, 0.717) is 10.7 Å². The molecule has 0 aliphatic carbocycles. The topological polar surface area (TPSA) is 63.2 Å². The molecule has 0 saturated carbocycles. The monoisotopic (exact) mass is 417 g/mol. The molecule has 0 unspecified atom stereocenters. The Labute approximate surface area is 166 Å². The fourth-order valence-electron chi connectivity index (χ4n) is 3.26. The second kappa shape index (κ2) is 6.78. The summed E-state index contributed by atoms with van der Waals surface area (Å²) in [5.74, 6) is -0.472. The van der Waals surface area contributed by atoms with Crippen molar-refractivity contribution in [3.05, 3.63) is 74.9 Å². The van der Waals surface area contributed by atoms with Gasteiger partial charge in [0, 0.05) is 27.6 Å². The summed E-state index contributed by atoms with van der Waals surface area (Å²) in [6.07, 6.45) is 0.237. The Morgan fingerprint density at radius 3 is 2.52 bits per heavy atom. The zero-order chi connectivity index (χ0) is 19.2. The van der Waals surface area contributed by atoms with E-state index in [2.05, 4.69) is 5.32 Å². The molecule has 138 valence electrons. The van der Waals surface area contributed by atoms with Crippen LogP contribution >= 0.6 is 22.9 Å². The highest BCUT2D eigenvalue weighted by Crippen LogP contribution is 2.47. The lowest BCUT2D eigenvalue weighted by Crippen LogP contribution is -2.23. The van der Waals surface area contributed by atoms with Gasteiger partial charge in [0.05, 0.1) is 10.6 Å². The van der Waals surface area contributed by atoms with Gasteiger partial charge in [-0.25, -0.2) is 8.42 Å². The lowest BCUT2D eigenvalue weighted by molar-refractivity contribution is -0.116. The van der Waals surface area contributed by atoms with Crippen molar-refractivity contribution in [1.82, 2.24) is 0 Å². The summed E-state index contributed by atoms with van der Waals surface area (Å²) in [7, 11) is -3.73. The van der Waals surface area contributed by atoms with Crippen LogP contribution in [0.25, 0.3) is 0 Å². The predicted octanol–water partition coefficient (Wildman–Crippen LogP) is 5.02. The van der Waals surface area contributed by atoms with Gasteiger partial charge in [0.1, 0.15) is 4.90 Å². The van der Waals surface area contributed by atoms with Gasteiger partial charge in [-0.3, -0.25) is 4.79 Å². The van der Waals surface area contributed by atoms with Gasteiger partial charge >= 0.3 is 0 Å². The highest BCUT2D eigenvalue weighted by molar-refractivity contribution is 7.91. The molecule has 1 N–H and O–H groups in total. The number of halogens is 1. The summed E-state index contributed by atoms with van der Waals surface area (Å²) in [5, 5.41) is 4.94. The Bertz CT molecular complexity index is 1130. The number of nitrogens with one attached hydrogen (secondary N) is 1. The summed E-state index contributed by atoms with van der Waals surface area (Å²) in [4.78, 5) is 13.5. The maximum atomic E-state index is 13.1. The van der Waals surface area contributed by atoms with Gasteiger partial charge in [0.2, 0.25) is 15.7 Å². The summed E-state index contributed by atoms with van der Waals surface area (Å²) in [6, 6.07) is 14.1. The third-order valence-electron chi connectivity index (χ3n) is 4.66. The number of hydrogen-bond acceptors (Lipinski definition) is 4. The Hall–Kier alpha value is -2.15. The smallest absolute Gasteiger partial charge is 0.225 e. The number of aryl methyl sites for hydroxylation is 1. The SMILES string of the molecule is Cc1ccc(S(=O)(=O)c2csc3c2NC(=O)C[C@@H]3c2ccccc2Cl)cc1. The zero-order valence-corrected chi connectivity index (χ0v) is 16.8. The maximum absolute atomic E-state index is 13.1. The molecule has 1 aliphatic heterocycles. The first kappa shape index (κ1) is 18.2. The average molecular weight is 418 g/mol. The van der Waals surface area contributed by atoms with Crippen molar-refractivity contribution < 1.29 is 13.2 Å². The average Bonchev–Trinajstić information content (AvgIpc) is 3.06. The van der Waals surface area contributed by atoms with Crippen LogP contribution in [0.3, 0.4) is 0 Å². The van der Waals surface area contributed by atoms with Crippen LogP contribution in [0.1, 0.15) is 28.3 Å². The van der Waals surface area contributed by atoms with Crippen LogP contribution in [0, 0.1) is 6.92 Å². The molecular weight excluding hydrogens is 402 g/mol. The molecule has 3 aromatic rings. The molecular formula is C20H16ClNO3S2. The zero-order valence-electron chi connectivity index (χ0n) is 14.4. The number of anilines is 1. The third-order valence-corrected chi connectivity index (χ3v) is 8.04. The number of carbonyl (C=O) groups is 1. The fraction of sp³-hybridized carbons (Fsp3) is 0.150. The van der Waals surface area contributed by atoms with Crippen LogP contribution in [0.4, 0.5) is 5.69 Å². The van der Waals surface area contributed by atoms with Crippen LogP contribution in [0.15, 0.2) is 63.7 Å². The molecule has 0 radical (unpaired) electrons. The minimum absolute atomic E-state index is 0.136. The summed E-state index contributed by atoms with van der Waals surface area (Å²) in [6.45, 7) is 1.90. The quantitative estimate of drug-likeness (QED) is 0.651. The Morgan fingerprint density at radius 1 is 1.11 bits per heavy atom. The second-order valence-electron chi connectivity index (χ2n) is 6.48. The number of thiophene rings is 1. The molecule has 7 heteroatoms. The van der Waals surface area contributed by atoms with Gasteiger partial charge in [-0.05, 0) is 30.7 Å².